The summed E-state index contributed by atoms with van der Waals surface area (Å²) < 4.78 is 2.01. The van der Waals surface area contributed by atoms with Gasteiger partial charge in [-0.1, -0.05) is 39.0 Å². The van der Waals surface area contributed by atoms with Crippen LogP contribution in [0.3, 0.4) is 0 Å². The average molecular weight is 272 g/mol. The lowest BCUT2D eigenvalue weighted by Gasteiger charge is -2.35. The molecule has 2 aromatic rings. The Kier molecular flexibility index (Phi) is 3.63. The average Bonchev–Trinajstić information content (AvgIpc) is 2.73. The van der Waals surface area contributed by atoms with Gasteiger partial charge < -0.3 is 9.47 Å². The van der Waals surface area contributed by atoms with Gasteiger partial charge >= 0.3 is 0 Å². The summed E-state index contributed by atoms with van der Waals surface area (Å²) in [6.45, 7) is 8.57. The first-order chi connectivity index (χ1) is 9.23. The van der Waals surface area contributed by atoms with Gasteiger partial charge in [0, 0.05) is 37.2 Å². The molecular formula is C17H24N2O. The molecule has 2 rings (SSSR count). The Morgan fingerprint density at radius 3 is 2.45 bits per heavy atom. The zero-order valence-corrected chi connectivity index (χ0v) is 13.3. The Bertz CT molecular complexity index is 634. The maximum Gasteiger partial charge on any atom is 0.256 e. The predicted molar refractivity (Wildman–Crippen MR) is 83.9 cm³/mol. The van der Waals surface area contributed by atoms with Crippen LogP contribution in [0, 0.1) is 5.41 Å². The molecule has 0 saturated carbocycles. The number of carbonyl (C=O) groups is 1. The van der Waals surface area contributed by atoms with Gasteiger partial charge in [0.1, 0.15) is 0 Å². The normalized spacial score (nSPS) is 13.5. The predicted octanol–water partition coefficient (Wildman–Crippen LogP) is 3.68. The van der Waals surface area contributed by atoms with Crippen LogP contribution in [0.2, 0.25) is 0 Å². The van der Waals surface area contributed by atoms with Crippen LogP contribution in [0.4, 0.5) is 0 Å². The van der Waals surface area contributed by atoms with Gasteiger partial charge in [-0.05, 0) is 18.4 Å². The summed E-state index contributed by atoms with van der Waals surface area (Å²) in [4.78, 5) is 14.6. The van der Waals surface area contributed by atoms with Crippen molar-refractivity contribution in [1.29, 1.82) is 0 Å². The van der Waals surface area contributed by atoms with Crippen molar-refractivity contribution in [3.05, 3.63) is 36.0 Å². The fourth-order valence-electron chi connectivity index (χ4n) is 2.46. The summed E-state index contributed by atoms with van der Waals surface area (Å²) in [7, 11) is 3.87. The number of aryl methyl sites for hydroxylation is 1. The monoisotopic (exact) mass is 272 g/mol. The summed E-state index contributed by atoms with van der Waals surface area (Å²) in [6.07, 6.45) is 1.93. The van der Waals surface area contributed by atoms with Gasteiger partial charge in [0.25, 0.3) is 5.91 Å². The number of benzene rings is 1. The molecule has 0 radical (unpaired) electrons. The molecule has 0 spiro atoms. The van der Waals surface area contributed by atoms with Crippen LogP contribution in [-0.2, 0) is 7.05 Å². The summed E-state index contributed by atoms with van der Waals surface area (Å²) in [6, 6.07) is 8.20. The first-order valence-electron chi connectivity index (χ1n) is 7.04. The van der Waals surface area contributed by atoms with E-state index < -0.39 is 0 Å². The highest BCUT2D eigenvalue weighted by Gasteiger charge is 2.28. The minimum absolute atomic E-state index is 0.0645. The van der Waals surface area contributed by atoms with E-state index >= 15 is 0 Å². The minimum atomic E-state index is 0.0645. The van der Waals surface area contributed by atoms with E-state index in [9.17, 15) is 4.79 Å². The number of fused-ring (bicyclic) bond motifs is 1. The Labute approximate surface area is 121 Å². The van der Waals surface area contributed by atoms with Gasteiger partial charge in [-0.25, -0.2) is 0 Å². The number of hydrogen-bond donors (Lipinski definition) is 0. The van der Waals surface area contributed by atoms with Crippen LogP contribution in [0.5, 0.6) is 0 Å². The highest BCUT2D eigenvalue weighted by atomic mass is 16.2. The molecule has 1 aromatic carbocycles. The molecule has 0 aliphatic carbocycles. The van der Waals surface area contributed by atoms with Crippen molar-refractivity contribution in [3.63, 3.8) is 0 Å². The van der Waals surface area contributed by atoms with Crippen molar-refractivity contribution in [2.24, 2.45) is 12.5 Å². The van der Waals surface area contributed by atoms with E-state index in [0.29, 0.717) is 0 Å². The van der Waals surface area contributed by atoms with Crippen LogP contribution in [0.25, 0.3) is 10.9 Å². The SMILES string of the molecule is CC(N(C)C(=O)c1cn(C)c2ccccc12)C(C)(C)C. The van der Waals surface area contributed by atoms with Gasteiger partial charge in [0.2, 0.25) is 0 Å². The quantitative estimate of drug-likeness (QED) is 0.818. The number of nitrogens with zero attached hydrogens (tertiary/aromatic N) is 2. The maximum atomic E-state index is 12.8. The third kappa shape index (κ3) is 2.45. The fourth-order valence-corrected chi connectivity index (χ4v) is 2.46. The Morgan fingerprint density at radius 1 is 1.25 bits per heavy atom. The molecule has 3 nitrogen and oxygen atoms in total. The molecule has 0 fully saturated rings. The van der Waals surface area contributed by atoms with Crippen molar-refractivity contribution in [3.8, 4) is 0 Å². The highest BCUT2D eigenvalue weighted by molar-refractivity contribution is 6.07. The van der Waals surface area contributed by atoms with Gasteiger partial charge in [-0.3, -0.25) is 4.79 Å². The number of rotatable bonds is 2. The lowest BCUT2D eigenvalue weighted by atomic mass is 9.87. The molecule has 1 amide bonds. The van der Waals surface area contributed by atoms with Crippen molar-refractivity contribution in [1.82, 2.24) is 9.47 Å². The maximum absolute atomic E-state index is 12.8. The smallest absolute Gasteiger partial charge is 0.256 e. The molecule has 1 unspecified atom stereocenters. The third-order valence-electron chi connectivity index (χ3n) is 4.28. The lowest BCUT2D eigenvalue weighted by Crippen LogP contribution is -2.42. The fraction of sp³-hybridized carbons (Fsp3) is 0.471. The lowest BCUT2D eigenvalue weighted by molar-refractivity contribution is 0.0631. The molecule has 0 bridgehead atoms. The van der Waals surface area contributed by atoms with Crippen LogP contribution in [-0.4, -0.2) is 28.5 Å². The third-order valence-corrected chi connectivity index (χ3v) is 4.28. The van der Waals surface area contributed by atoms with Crippen LogP contribution >= 0.6 is 0 Å². The largest absolute Gasteiger partial charge is 0.350 e. The van der Waals surface area contributed by atoms with E-state index in [0.717, 1.165) is 16.5 Å². The van der Waals surface area contributed by atoms with E-state index in [1.807, 2.05) is 54.0 Å². The van der Waals surface area contributed by atoms with Crippen molar-refractivity contribution < 1.29 is 4.79 Å². The molecule has 0 aliphatic heterocycles. The number of hydrogen-bond acceptors (Lipinski definition) is 1. The molecular weight excluding hydrogens is 248 g/mol. The second-order valence-corrected chi connectivity index (χ2v) is 6.63. The molecule has 0 aliphatic rings. The Balaban J connectivity index is 2.42. The summed E-state index contributed by atoms with van der Waals surface area (Å²) in [5.74, 6) is 0.0872. The van der Waals surface area contributed by atoms with Crippen LogP contribution < -0.4 is 0 Å². The summed E-state index contributed by atoms with van der Waals surface area (Å²) in [5, 5.41) is 1.02. The van der Waals surface area contributed by atoms with E-state index in [1.54, 1.807) is 0 Å². The first-order valence-corrected chi connectivity index (χ1v) is 7.04. The second-order valence-electron chi connectivity index (χ2n) is 6.63. The number of para-hydroxylation sites is 1. The van der Waals surface area contributed by atoms with Crippen LogP contribution in [0.1, 0.15) is 38.1 Å². The number of amides is 1. The Morgan fingerprint density at radius 2 is 1.85 bits per heavy atom. The Hall–Kier alpha value is -1.77. The van der Waals surface area contributed by atoms with Gasteiger partial charge in [0.15, 0.2) is 0 Å². The first kappa shape index (κ1) is 14.6. The number of carbonyl (C=O) groups excluding carboxylic acids is 1. The second kappa shape index (κ2) is 4.97. The molecule has 0 N–H and O–H groups in total. The zero-order valence-electron chi connectivity index (χ0n) is 13.3. The van der Waals surface area contributed by atoms with E-state index in [2.05, 4.69) is 27.7 Å². The van der Waals surface area contributed by atoms with Gasteiger partial charge in [-0.2, -0.15) is 0 Å². The van der Waals surface area contributed by atoms with E-state index in [-0.39, 0.29) is 17.4 Å². The zero-order chi connectivity index (χ0) is 15.1. The van der Waals surface area contributed by atoms with Crippen molar-refractivity contribution in [2.45, 2.75) is 33.7 Å². The summed E-state index contributed by atoms with van der Waals surface area (Å²) in [5.41, 5.74) is 1.93. The van der Waals surface area contributed by atoms with E-state index in [1.165, 1.54) is 0 Å². The van der Waals surface area contributed by atoms with Crippen molar-refractivity contribution in [2.75, 3.05) is 7.05 Å². The minimum Gasteiger partial charge on any atom is -0.350 e. The van der Waals surface area contributed by atoms with E-state index in [4.69, 9.17) is 0 Å². The van der Waals surface area contributed by atoms with Crippen LogP contribution in [0.15, 0.2) is 30.5 Å². The van der Waals surface area contributed by atoms with Gasteiger partial charge in [-0.15, -0.1) is 0 Å². The molecule has 20 heavy (non-hydrogen) atoms. The molecule has 3 heteroatoms. The molecule has 1 atom stereocenters. The topological polar surface area (TPSA) is 25.2 Å². The summed E-state index contributed by atoms with van der Waals surface area (Å²) >= 11 is 0. The highest BCUT2D eigenvalue weighted by Crippen LogP contribution is 2.27. The molecule has 0 saturated heterocycles. The molecule has 108 valence electrons. The van der Waals surface area contributed by atoms with Gasteiger partial charge in [0.05, 0.1) is 5.56 Å². The molecule has 1 heterocycles. The standard InChI is InChI=1S/C17H24N2O/c1-12(17(2,3)4)19(6)16(20)14-11-18(5)15-10-8-7-9-13(14)15/h7-12H,1-6H3. The number of aromatic nitrogens is 1. The molecule has 1 aromatic heterocycles. The van der Waals surface area contributed by atoms with Crippen molar-refractivity contribution >= 4 is 16.8 Å².